The van der Waals surface area contributed by atoms with Gasteiger partial charge in [-0.3, -0.25) is 0 Å². The Morgan fingerprint density at radius 2 is 1.54 bits per heavy atom. The summed E-state index contributed by atoms with van der Waals surface area (Å²) in [6.07, 6.45) is 6.39. The lowest BCUT2D eigenvalue weighted by Gasteiger charge is -2.09. The minimum Gasteiger partial charge on any atom is -0.309 e. The van der Waals surface area contributed by atoms with Gasteiger partial charge in [0, 0.05) is 21.5 Å². The first-order valence-corrected chi connectivity index (χ1v) is 9.94. The molecular weight excluding hydrogens is 338 g/mol. The third-order valence-electron chi connectivity index (χ3n) is 5.15. The molecule has 1 heterocycles. The molecule has 0 aliphatic carbocycles. The van der Waals surface area contributed by atoms with E-state index in [9.17, 15) is 0 Å². The Hall–Kier alpha value is -2.25. The summed E-state index contributed by atoms with van der Waals surface area (Å²) in [6, 6.07) is 23.7. The standard InChI is InChI=1S/C24H24ClN/c1-2-3-4-5-8-18-11-14-20(15-12-18)26-23-10-7-6-9-21(23)22-16-13-19(25)17-24(22)26/h6-7,9-17H,2-5,8H2,1H3. The second-order valence-corrected chi connectivity index (χ2v) is 7.43. The Bertz CT molecular complexity index is 1030. The Morgan fingerprint density at radius 3 is 2.35 bits per heavy atom. The summed E-state index contributed by atoms with van der Waals surface area (Å²) in [5.74, 6) is 0. The number of aryl methyl sites for hydroxylation is 1. The van der Waals surface area contributed by atoms with Crippen molar-refractivity contribution < 1.29 is 0 Å². The van der Waals surface area contributed by atoms with Crippen LogP contribution >= 0.6 is 11.6 Å². The number of nitrogens with zero attached hydrogens (tertiary/aromatic N) is 1. The molecule has 0 aliphatic rings. The van der Waals surface area contributed by atoms with Gasteiger partial charge in [-0.15, -0.1) is 0 Å². The second kappa shape index (κ2) is 7.55. The SMILES string of the molecule is CCCCCCc1ccc(-n2c3ccccc3c3ccc(Cl)cc32)cc1. The number of hydrogen-bond acceptors (Lipinski definition) is 0. The fraction of sp³-hybridized carbons (Fsp3) is 0.250. The number of halogens is 1. The van der Waals surface area contributed by atoms with Gasteiger partial charge < -0.3 is 4.57 Å². The summed E-state index contributed by atoms with van der Waals surface area (Å²) in [4.78, 5) is 0. The van der Waals surface area contributed by atoms with Crippen LogP contribution in [0.15, 0.2) is 66.7 Å². The lowest BCUT2D eigenvalue weighted by Crippen LogP contribution is -1.94. The summed E-state index contributed by atoms with van der Waals surface area (Å²) >= 11 is 6.30. The third-order valence-corrected chi connectivity index (χ3v) is 5.38. The summed E-state index contributed by atoms with van der Waals surface area (Å²) < 4.78 is 2.32. The van der Waals surface area contributed by atoms with Crippen LogP contribution in [0.4, 0.5) is 0 Å². The van der Waals surface area contributed by atoms with Gasteiger partial charge in [0.15, 0.2) is 0 Å². The quantitative estimate of drug-likeness (QED) is 0.312. The van der Waals surface area contributed by atoms with Crippen LogP contribution in [0.1, 0.15) is 38.2 Å². The highest BCUT2D eigenvalue weighted by molar-refractivity contribution is 6.31. The molecule has 3 aromatic carbocycles. The van der Waals surface area contributed by atoms with Crippen LogP contribution in [0.3, 0.4) is 0 Å². The number of aromatic nitrogens is 1. The zero-order valence-electron chi connectivity index (χ0n) is 15.2. The molecule has 0 saturated carbocycles. The van der Waals surface area contributed by atoms with E-state index in [2.05, 4.69) is 72.2 Å². The van der Waals surface area contributed by atoms with E-state index in [0.717, 1.165) is 10.5 Å². The van der Waals surface area contributed by atoms with Crippen LogP contribution in [-0.4, -0.2) is 4.57 Å². The largest absolute Gasteiger partial charge is 0.309 e. The number of hydrogen-bond donors (Lipinski definition) is 0. The lowest BCUT2D eigenvalue weighted by atomic mass is 10.1. The van der Waals surface area contributed by atoms with E-state index in [1.807, 2.05) is 6.07 Å². The van der Waals surface area contributed by atoms with Crippen molar-refractivity contribution in [3.05, 3.63) is 77.3 Å². The molecule has 0 fully saturated rings. The van der Waals surface area contributed by atoms with Crippen LogP contribution in [0.25, 0.3) is 27.5 Å². The number of unbranched alkanes of at least 4 members (excludes halogenated alkanes) is 3. The minimum absolute atomic E-state index is 0.772. The van der Waals surface area contributed by atoms with Crippen molar-refractivity contribution >= 4 is 33.4 Å². The molecule has 0 N–H and O–H groups in total. The molecular formula is C24H24ClN. The van der Waals surface area contributed by atoms with Gasteiger partial charge in [0.2, 0.25) is 0 Å². The Labute approximate surface area is 160 Å². The summed E-state index contributed by atoms with van der Waals surface area (Å²) in [7, 11) is 0. The molecule has 0 aliphatic heterocycles. The highest BCUT2D eigenvalue weighted by Crippen LogP contribution is 2.33. The van der Waals surface area contributed by atoms with Gasteiger partial charge in [-0.25, -0.2) is 0 Å². The molecule has 0 amide bonds. The first kappa shape index (κ1) is 17.2. The van der Waals surface area contributed by atoms with Gasteiger partial charge in [0.1, 0.15) is 0 Å². The predicted octanol–water partition coefficient (Wildman–Crippen LogP) is 7.56. The van der Waals surface area contributed by atoms with Gasteiger partial charge in [-0.05, 0) is 48.7 Å². The normalized spacial score (nSPS) is 11.5. The number of para-hydroxylation sites is 1. The second-order valence-electron chi connectivity index (χ2n) is 6.99. The molecule has 26 heavy (non-hydrogen) atoms. The van der Waals surface area contributed by atoms with Crippen LogP contribution in [0, 0.1) is 0 Å². The zero-order chi connectivity index (χ0) is 17.9. The van der Waals surface area contributed by atoms with Crippen LogP contribution in [0.2, 0.25) is 5.02 Å². The van der Waals surface area contributed by atoms with Gasteiger partial charge in [0.05, 0.1) is 11.0 Å². The molecule has 0 bridgehead atoms. The van der Waals surface area contributed by atoms with E-state index in [1.54, 1.807) is 0 Å². The number of rotatable bonds is 6. The lowest BCUT2D eigenvalue weighted by molar-refractivity contribution is 0.667. The van der Waals surface area contributed by atoms with E-state index in [-0.39, 0.29) is 0 Å². The predicted molar refractivity (Wildman–Crippen MR) is 114 cm³/mol. The molecule has 2 heteroatoms. The topological polar surface area (TPSA) is 4.93 Å². The third kappa shape index (κ3) is 3.24. The van der Waals surface area contributed by atoms with Crippen LogP contribution < -0.4 is 0 Å². The van der Waals surface area contributed by atoms with E-state index in [0.29, 0.717) is 0 Å². The fourth-order valence-electron chi connectivity index (χ4n) is 3.79. The molecule has 0 radical (unpaired) electrons. The minimum atomic E-state index is 0.772. The van der Waals surface area contributed by atoms with E-state index in [1.165, 1.54) is 59.6 Å². The Kier molecular flexibility index (Phi) is 4.99. The summed E-state index contributed by atoms with van der Waals surface area (Å²) in [5, 5.41) is 3.28. The van der Waals surface area contributed by atoms with Crippen molar-refractivity contribution in [2.45, 2.75) is 39.0 Å². The number of benzene rings is 3. The monoisotopic (exact) mass is 361 g/mol. The molecule has 0 spiro atoms. The zero-order valence-corrected chi connectivity index (χ0v) is 16.0. The van der Waals surface area contributed by atoms with E-state index in [4.69, 9.17) is 11.6 Å². The summed E-state index contributed by atoms with van der Waals surface area (Å²) in [6.45, 7) is 2.26. The Morgan fingerprint density at radius 1 is 0.769 bits per heavy atom. The van der Waals surface area contributed by atoms with E-state index >= 15 is 0 Å². The molecule has 1 aromatic heterocycles. The average molecular weight is 362 g/mol. The van der Waals surface area contributed by atoms with Gasteiger partial charge in [-0.2, -0.15) is 0 Å². The molecule has 0 atom stereocenters. The van der Waals surface area contributed by atoms with Gasteiger partial charge in [0.25, 0.3) is 0 Å². The molecule has 132 valence electrons. The van der Waals surface area contributed by atoms with Crippen molar-refractivity contribution in [1.29, 1.82) is 0 Å². The molecule has 4 rings (SSSR count). The van der Waals surface area contributed by atoms with Crippen LogP contribution in [0.5, 0.6) is 0 Å². The van der Waals surface area contributed by atoms with Crippen molar-refractivity contribution in [3.8, 4) is 5.69 Å². The molecule has 4 aromatic rings. The van der Waals surface area contributed by atoms with Crippen molar-refractivity contribution in [1.82, 2.24) is 4.57 Å². The maximum Gasteiger partial charge on any atom is 0.0555 e. The summed E-state index contributed by atoms with van der Waals surface area (Å²) in [5.41, 5.74) is 4.99. The highest BCUT2D eigenvalue weighted by Gasteiger charge is 2.12. The fourth-order valence-corrected chi connectivity index (χ4v) is 3.96. The maximum absolute atomic E-state index is 6.30. The molecule has 1 nitrogen and oxygen atoms in total. The van der Waals surface area contributed by atoms with E-state index < -0.39 is 0 Å². The molecule has 0 saturated heterocycles. The van der Waals surface area contributed by atoms with Gasteiger partial charge >= 0.3 is 0 Å². The van der Waals surface area contributed by atoms with Crippen molar-refractivity contribution in [2.75, 3.05) is 0 Å². The molecule has 0 unspecified atom stereocenters. The smallest absolute Gasteiger partial charge is 0.0555 e. The first-order valence-electron chi connectivity index (χ1n) is 9.56. The van der Waals surface area contributed by atoms with Crippen molar-refractivity contribution in [3.63, 3.8) is 0 Å². The average Bonchev–Trinajstić information content (AvgIpc) is 2.99. The first-order chi connectivity index (χ1) is 12.8. The Balaban J connectivity index is 1.74. The van der Waals surface area contributed by atoms with Gasteiger partial charge in [-0.1, -0.05) is 74.2 Å². The number of fused-ring (bicyclic) bond motifs is 3. The maximum atomic E-state index is 6.30. The van der Waals surface area contributed by atoms with Crippen molar-refractivity contribution in [2.24, 2.45) is 0 Å². The van der Waals surface area contributed by atoms with Crippen LogP contribution in [-0.2, 0) is 6.42 Å². The highest BCUT2D eigenvalue weighted by atomic mass is 35.5.